The summed E-state index contributed by atoms with van der Waals surface area (Å²) in [5, 5.41) is 0.581. The van der Waals surface area contributed by atoms with Crippen LogP contribution in [0.4, 0.5) is 0 Å². The Morgan fingerprint density at radius 2 is 1.73 bits per heavy atom. The molecule has 5 heteroatoms. The zero-order valence-corrected chi connectivity index (χ0v) is 14.8. The number of para-hydroxylation sites is 1. The van der Waals surface area contributed by atoms with Crippen LogP contribution in [0, 0.1) is 5.92 Å². The fraction of sp³-hybridized carbons (Fsp3) is 0.286. The highest BCUT2D eigenvalue weighted by molar-refractivity contribution is 5.94. The maximum Gasteiger partial charge on any atom is 0.265 e. The molecule has 1 fully saturated rings. The number of piperidine rings is 1. The van der Waals surface area contributed by atoms with Gasteiger partial charge in [-0.15, -0.1) is 0 Å². The number of rotatable bonds is 2. The maximum absolute atomic E-state index is 12.7. The molecule has 0 saturated carbocycles. The number of benzene rings is 2. The van der Waals surface area contributed by atoms with Gasteiger partial charge in [-0.05, 0) is 55.2 Å². The van der Waals surface area contributed by atoms with Crippen LogP contribution in [0.15, 0.2) is 59.7 Å². The normalized spacial score (nSPS) is 15.3. The Labute approximate surface area is 151 Å². The smallest absolute Gasteiger partial charge is 0.265 e. The lowest BCUT2D eigenvalue weighted by Gasteiger charge is -2.30. The van der Waals surface area contributed by atoms with Gasteiger partial charge in [-0.1, -0.05) is 19.1 Å². The molecule has 0 aliphatic carbocycles. The molecule has 1 saturated heterocycles. The summed E-state index contributed by atoms with van der Waals surface area (Å²) in [6.45, 7) is 3.86. The number of hydrogen-bond acceptors (Lipinski definition) is 3. The van der Waals surface area contributed by atoms with Crippen LogP contribution in [0.1, 0.15) is 30.1 Å². The third kappa shape index (κ3) is 3.01. The minimum absolute atomic E-state index is 0.0624. The summed E-state index contributed by atoms with van der Waals surface area (Å²) in [7, 11) is 0. The van der Waals surface area contributed by atoms with E-state index in [1.165, 1.54) is 10.9 Å². The molecule has 4 rings (SSSR count). The second-order valence-electron chi connectivity index (χ2n) is 6.96. The maximum atomic E-state index is 12.7. The number of likely N-dealkylation sites (tertiary alicyclic amines) is 1. The largest absolute Gasteiger partial charge is 0.339 e. The van der Waals surface area contributed by atoms with E-state index < -0.39 is 0 Å². The van der Waals surface area contributed by atoms with Crippen molar-refractivity contribution < 1.29 is 4.79 Å². The predicted molar refractivity (Wildman–Crippen MR) is 102 cm³/mol. The molecule has 0 radical (unpaired) electrons. The fourth-order valence-electron chi connectivity index (χ4n) is 3.41. The summed E-state index contributed by atoms with van der Waals surface area (Å²) in [6, 6.07) is 14.5. The lowest BCUT2D eigenvalue weighted by atomic mass is 9.98. The molecule has 0 atom stereocenters. The standard InChI is InChI=1S/C21H21N3O2/c1-15-10-12-23(13-11-15)20(25)16-6-8-17(9-7-16)24-14-22-19-5-3-2-4-18(19)21(24)26/h2-9,14-15H,10-13H2,1H3. The average Bonchev–Trinajstić information content (AvgIpc) is 2.69. The van der Waals surface area contributed by atoms with Crippen LogP contribution < -0.4 is 5.56 Å². The van der Waals surface area contributed by atoms with Crippen molar-refractivity contribution in [1.29, 1.82) is 0 Å². The van der Waals surface area contributed by atoms with E-state index in [0.717, 1.165) is 25.9 Å². The second kappa shape index (κ2) is 6.75. The Bertz CT molecular complexity index is 1000. The third-order valence-electron chi connectivity index (χ3n) is 5.13. The van der Waals surface area contributed by atoms with E-state index in [9.17, 15) is 9.59 Å². The molecule has 132 valence electrons. The number of amides is 1. The van der Waals surface area contributed by atoms with E-state index in [1.807, 2.05) is 23.1 Å². The van der Waals surface area contributed by atoms with Crippen LogP contribution in [-0.4, -0.2) is 33.4 Å². The highest BCUT2D eigenvalue weighted by atomic mass is 16.2. The molecule has 3 aromatic rings. The second-order valence-corrected chi connectivity index (χ2v) is 6.96. The van der Waals surface area contributed by atoms with Crippen molar-refractivity contribution in [3.8, 4) is 5.69 Å². The van der Waals surface area contributed by atoms with Gasteiger partial charge in [-0.25, -0.2) is 4.98 Å². The minimum atomic E-state index is -0.111. The third-order valence-corrected chi connectivity index (χ3v) is 5.13. The van der Waals surface area contributed by atoms with Crippen LogP contribution in [0.2, 0.25) is 0 Å². The van der Waals surface area contributed by atoms with Crippen molar-refractivity contribution in [3.05, 3.63) is 70.8 Å². The molecule has 1 aromatic heterocycles. The van der Waals surface area contributed by atoms with Crippen LogP contribution in [0.5, 0.6) is 0 Å². The quantitative estimate of drug-likeness (QED) is 0.715. The van der Waals surface area contributed by atoms with E-state index in [2.05, 4.69) is 11.9 Å². The van der Waals surface area contributed by atoms with Gasteiger partial charge in [-0.3, -0.25) is 14.2 Å². The number of nitrogens with zero attached hydrogens (tertiary/aromatic N) is 3. The molecule has 5 nitrogen and oxygen atoms in total. The molecule has 0 spiro atoms. The zero-order valence-electron chi connectivity index (χ0n) is 14.8. The van der Waals surface area contributed by atoms with Gasteiger partial charge in [0.25, 0.3) is 11.5 Å². The molecule has 1 amide bonds. The molecule has 26 heavy (non-hydrogen) atoms. The molecule has 0 bridgehead atoms. The van der Waals surface area contributed by atoms with E-state index in [1.54, 1.807) is 30.3 Å². The summed E-state index contributed by atoms with van der Waals surface area (Å²) >= 11 is 0. The number of hydrogen-bond donors (Lipinski definition) is 0. The summed E-state index contributed by atoms with van der Waals surface area (Å²) in [6.07, 6.45) is 3.65. The van der Waals surface area contributed by atoms with Gasteiger partial charge in [0, 0.05) is 18.7 Å². The van der Waals surface area contributed by atoms with Gasteiger partial charge < -0.3 is 4.90 Å². The molecule has 0 N–H and O–H groups in total. The van der Waals surface area contributed by atoms with Gasteiger partial charge >= 0.3 is 0 Å². The molecule has 2 aromatic carbocycles. The van der Waals surface area contributed by atoms with E-state index in [-0.39, 0.29) is 11.5 Å². The molecule has 1 aliphatic rings. The Morgan fingerprint density at radius 1 is 1.04 bits per heavy atom. The van der Waals surface area contributed by atoms with Crippen molar-refractivity contribution in [2.75, 3.05) is 13.1 Å². The molecule has 0 unspecified atom stereocenters. The van der Waals surface area contributed by atoms with E-state index in [0.29, 0.717) is 28.1 Å². The number of aromatic nitrogens is 2. The van der Waals surface area contributed by atoms with Crippen LogP contribution in [0.25, 0.3) is 16.6 Å². The molecule has 1 aliphatic heterocycles. The Kier molecular flexibility index (Phi) is 4.29. The van der Waals surface area contributed by atoms with Crippen molar-refractivity contribution in [3.63, 3.8) is 0 Å². The van der Waals surface area contributed by atoms with Gasteiger partial charge in [0.1, 0.15) is 6.33 Å². The van der Waals surface area contributed by atoms with Crippen LogP contribution in [-0.2, 0) is 0 Å². The predicted octanol–water partition coefficient (Wildman–Crippen LogP) is 3.26. The topological polar surface area (TPSA) is 55.2 Å². The van der Waals surface area contributed by atoms with Crippen LogP contribution >= 0.6 is 0 Å². The lowest BCUT2D eigenvalue weighted by molar-refractivity contribution is 0.0697. The highest BCUT2D eigenvalue weighted by Gasteiger charge is 2.21. The first-order chi connectivity index (χ1) is 12.6. The van der Waals surface area contributed by atoms with Crippen LogP contribution in [0.3, 0.4) is 0 Å². The summed E-state index contributed by atoms with van der Waals surface area (Å²) in [5.74, 6) is 0.751. The van der Waals surface area contributed by atoms with Gasteiger partial charge in [0.15, 0.2) is 0 Å². The zero-order chi connectivity index (χ0) is 18.1. The first-order valence-electron chi connectivity index (χ1n) is 8.99. The summed E-state index contributed by atoms with van der Waals surface area (Å²) in [5.41, 5.74) is 1.93. The van der Waals surface area contributed by atoms with E-state index in [4.69, 9.17) is 0 Å². The molecule has 2 heterocycles. The van der Waals surface area contributed by atoms with Gasteiger partial charge in [0.05, 0.1) is 16.6 Å². The fourth-order valence-corrected chi connectivity index (χ4v) is 3.41. The lowest BCUT2D eigenvalue weighted by Crippen LogP contribution is -2.37. The number of carbonyl (C=O) groups excluding carboxylic acids is 1. The Morgan fingerprint density at radius 3 is 2.46 bits per heavy atom. The summed E-state index contributed by atoms with van der Waals surface area (Å²) < 4.78 is 1.51. The highest BCUT2D eigenvalue weighted by Crippen LogP contribution is 2.19. The average molecular weight is 347 g/mol. The van der Waals surface area contributed by atoms with Crippen molar-refractivity contribution in [2.24, 2.45) is 5.92 Å². The molecular formula is C21H21N3O2. The Balaban J connectivity index is 1.61. The minimum Gasteiger partial charge on any atom is -0.339 e. The van der Waals surface area contributed by atoms with Gasteiger partial charge in [0.2, 0.25) is 0 Å². The Hall–Kier alpha value is -2.95. The molecular weight excluding hydrogens is 326 g/mol. The monoisotopic (exact) mass is 347 g/mol. The van der Waals surface area contributed by atoms with Crippen molar-refractivity contribution in [1.82, 2.24) is 14.5 Å². The SMILES string of the molecule is CC1CCN(C(=O)c2ccc(-n3cnc4ccccc4c3=O)cc2)CC1. The van der Waals surface area contributed by atoms with Crippen molar-refractivity contribution in [2.45, 2.75) is 19.8 Å². The number of carbonyl (C=O) groups is 1. The van der Waals surface area contributed by atoms with E-state index >= 15 is 0 Å². The van der Waals surface area contributed by atoms with Gasteiger partial charge in [-0.2, -0.15) is 0 Å². The first-order valence-corrected chi connectivity index (χ1v) is 8.99. The summed E-state index contributed by atoms with van der Waals surface area (Å²) in [4.78, 5) is 31.6. The first kappa shape index (κ1) is 16.5. The van der Waals surface area contributed by atoms with Crippen molar-refractivity contribution >= 4 is 16.8 Å². The number of fused-ring (bicyclic) bond motifs is 1.